The maximum absolute atomic E-state index is 12.7. The van der Waals surface area contributed by atoms with E-state index in [1.165, 1.54) is 23.3 Å². The smallest absolute Gasteiger partial charge is 0.329 e. The van der Waals surface area contributed by atoms with Crippen molar-refractivity contribution in [3.05, 3.63) is 23.9 Å². The Kier molecular flexibility index (Phi) is 3.55. The molecule has 0 aliphatic carbocycles. The van der Waals surface area contributed by atoms with E-state index in [9.17, 15) is 23.1 Å². The largest absolute Gasteiger partial charge is 0.480 e. The van der Waals surface area contributed by atoms with Crippen LogP contribution in [0.25, 0.3) is 0 Å². The highest BCUT2D eigenvalue weighted by Crippen LogP contribution is 2.31. The molecule has 124 valence electrons. The predicted molar refractivity (Wildman–Crippen MR) is 82.1 cm³/mol. The molecule has 0 aromatic rings. The number of amidine groups is 1. The van der Waals surface area contributed by atoms with Gasteiger partial charge in [0.25, 0.3) is 15.9 Å². The van der Waals surface area contributed by atoms with Crippen molar-refractivity contribution in [1.82, 2.24) is 9.80 Å². The summed E-state index contributed by atoms with van der Waals surface area (Å²) in [5, 5.41) is 9.41. The first kappa shape index (κ1) is 15.7. The van der Waals surface area contributed by atoms with Crippen molar-refractivity contribution >= 4 is 27.7 Å². The fourth-order valence-corrected chi connectivity index (χ4v) is 3.96. The monoisotopic (exact) mass is 339 g/mol. The van der Waals surface area contributed by atoms with E-state index < -0.39 is 21.5 Å². The summed E-state index contributed by atoms with van der Waals surface area (Å²) >= 11 is 0. The molecule has 0 saturated carbocycles. The molecule has 0 bridgehead atoms. The number of carbonyl (C=O) groups excluding carboxylic acids is 1. The Labute approximate surface area is 133 Å². The van der Waals surface area contributed by atoms with Gasteiger partial charge in [0, 0.05) is 19.3 Å². The van der Waals surface area contributed by atoms with E-state index in [-0.39, 0.29) is 24.0 Å². The summed E-state index contributed by atoms with van der Waals surface area (Å²) in [6.07, 6.45) is 5.55. The molecule has 3 heterocycles. The van der Waals surface area contributed by atoms with E-state index >= 15 is 0 Å². The molecule has 0 radical (unpaired) electrons. The third kappa shape index (κ3) is 2.65. The second-order valence-corrected chi connectivity index (χ2v) is 7.74. The Bertz CT molecular complexity index is 767. The van der Waals surface area contributed by atoms with Crippen molar-refractivity contribution in [1.29, 1.82) is 0 Å². The standard InChI is InChI=1S/C14H17N3O5S/c1-14(13(19)20)5-2-6-17(14)12(18)10-3-4-11-15-23(21,22)8-7-16(11)9-10/h3-4,9H,2,5-8H2,1H3,(H,19,20). The molecule has 3 aliphatic rings. The van der Waals surface area contributed by atoms with E-state index in [4.69, 9.17) is 0 Å². The Morgan fingerprint density at radius 2 is 2.04 bits per heavy atom. The molecule has 1 unspecified atom stereocenters. The molecule has 1 saturated heterocycles. The highest BCUT2D eigenvalue weighted by Gasteiger charge is 2.46. The lowest BCUT2D eigenvalue weighted by molar-refractivity contribution is -0.153. The zero-order valence-corrected chi connectivity index (χ0v) is 13.4. The van der Waals surface area contributed by atoms with Crippen molar-refractivity contribution in [3.63, 3.8) is 0 Å². The van der Waals surface area contributed by atoms with E-state index in [1.807, 2.05) is 0 Å². The lowest BCUT2D eigenvalue weighted by atomic mass is 9.98. The number of fused-ring (bicyclic) bond motifs is 1. The maximum Gasteiger partial charge on any atom is 0.329 e. The number of hydrogen-bond acceptors (Lipinski definition) is 5. The average molecular weight is 339 g/mol. The van der Waals surface area contributed by atoms with Crippen molar-refractivity contribution in [2.75, 3.05) is 18.8 Å². The van der Waals surface area contributed by atoms with Gasteiger partial charge in [-0.2, -0.15) is 0 Å². The molecule has 0 aromatic heterocycles. The van der Waals surface area contributed by atoms with Gasteiger partial charge in [0.05, 0.1) is 11.3 Å². The Morgan fingerprint density at radius 3 is 2.74 bits per heavy atom. The van der Waals surface area contributed by atoms with Gasteiger partial charge >= 0.3 is 5.97 Å². The molecule has 3 aliphatic heterocycles. The normalized spacial score (nSPS) is 28.9. The minimum atomic E-state index is -3.44. The lowest BCUT2D eigenvalue weighted by Gasteiger charge is -2.33. The first-order chi connectivity index (χ1) is 10.7. The number of likely N-dealkylation sites (tertiary alicyclic amines) is 1. The Balaban J connectivity index is 1.87. The summed E-state index contributed by atoms with van der Waals surface area (Å²) in [5.41, 5.74) is -0.872. The Morgan fingerprint density at radius 1 is 1.30 bits per heavy atom. The first-order valence-corrected chi connectivity index (χ1v) is 8.88. The molecule has 1 fully saturated rings. The average Bonchev–Trinajstić information content (AvgIpc) is 2.88. The molecule has 1 amide bonds. The minimum Gasteiger partial charge on any atom is -0.480 e. The van der Waals surface area contributed by atoms with E-state index in [1.54, 1.807) is 11.8 Å². The van der Waals surface area contributed by atoms with Gasteiger partial charge < -0.3 is 14.9 Å². The second-order valence-electron chi connectivity index (χ2n) is 5.99. The summed E-state index contributed by atoms with van der Waals surface area (Å²) < 4.78 is 26.6. The highest BCUT2D eigenvalue weighted by atomic mass is 32.2. The third-order valence-electron chi connectivity index (χ3n) is 4.42. The van der Waals surface area contributed by atoms with Gasteiger partial charge in [0.1, 0.15) is 11.4 Å². The first-order valence-electron chi connectivity index (χ1n) is 7.27. The molecule has 9 heteroatoms. The third-order valence-corrected chi connectivity index (χ3v) is 5.58. The number of aliphatic carboxylic acids is 1. The van der Waals surface area contributed by atoms with Gasteiger partial charge in [0.2, 0.25) is 0 Å². The molecule has 1 atom stereocenters. The quantitative estimate of drug-likeness (QED) is 0.756. The zero-order chi connectivity index (χ0) is 16.8. The fraction of sp³-hybridized carbons (Fsp3) is 0.500. The van der Waals surface area contributed by atoms with Crippen molar-refractivity contribution in [2.45, 2.75) is 25.3 Å². The van der Waals surface area contributed by atoms with Crippen LogP contribution in [0.15, 0.2) is 28.3 Å². The van der Waals surface area contributed by atoms with Crippen molar-refractivity contribution < 1.29 is 23.1 Å². The van der Waals surface area contributed by atoms with Crippen molar-refractivity contribution in [2.24, 2.45) is 4.40 Å². The summed E-state index contributed by atoms with van der Waals surface area (Å²) in [6.45, 7) is 2.16. The van der Waals surface area contributed by atoms with Gasteiger partial charge in [-0.1, -0.05) is 0 Å². The molecule has 3 rings (SSSR count). The van der Waals surface area contributed by atoms with Gasteiger partial charge in [-0.15, -0.1) is 4.40 Å². The van der Waals surface area contributed by atoms with Crippen LogP contribution in [-0.2, 0) is 19.6 Å². The van der Waals surface area contributed by atoms with E-state index in [0.717, 1.165) is 0 Å². The second kappa shape index (κ2) is 5.19. The highest BCUT2D eigenvalue weighted by molar-refractivity contribution is 7.90. The lowest BCUT2D eigenvalue weighted by Crippen LogP contribution is -2.51. The van der Waals surface area contributed by atoms with Crippen LogP contribution in [-0.4, -0.2) is 65.4 Å². The van der Waals surface area contributed by atoms with Crippen LogP contribution < -0.4 is 0 Å². The van der Waals surface area contributed by atoms with Crippen LogP contribution in [0.3, 0.4) is 0 Å². The molecule has 23 heavy (non-hydrogen) atoms. The van der Waals surface area contributed by atoms with Gasteiger partial charge in [-0.3, -0.25) is 4.79 Å². The van der Waals surface area contributed by atoms with E-state index in [2.05, 4.69) is 4.40 Å². The molecule has 0 spiro atoms. The van der Waals surface area contributed by atoms with Crippen LogP contribution in [0.2, 0.25) is 0 Å². The van der Waals surface area contributed by atoms with Gasteiger partial charge in [-0.25, -0.2) is 13.2 Å². The van der Waals surface area contributed by atoms with Crippen molar-refractivity contribution in [3.8, 4) is 0 Å². The molecule has 0 aromatic carbocycles. The fourth-order valence-electron chi connectivity index (χ4n) is 2.99. The SMILES string of the molecule is CC1(C(=O)O)CCCN1C(=O)C1=CN2CCS(=O)(=O)N=C2C=C1. The number of rotatable bonds is 2. The van der Waals surface area contributed by atoms with Crippen LogP contribution in [0.1, 0.15) is 19.8 Å². The van der Waals surface area contributed by atoms with Crippen LogP contribution >= 0.6 is 0 Å². The maximum atomic E-state index is 12.7. The number of amides is 1. The summed E-state index contributed by atoms with van der Waals surface area (Å²) in [6, 6.07) is 0. The zero-order valence-electron chi connectivity index (χ0n) is 12.6. The van der Waals surface area contributed by atoms with Gasteiger partial charge in [0.15, 0.2) is 0 Å². The number of carboxylic acid groups (broad SMARTS) is 1. The number of carbonyl (C=O) groups is 2. The molecular weight excluding hydrogens is 322 g/mol. The molecular formula is C14H17N3O5S. The number of carboxylic acids is 1. The van der Waals surface area contributed by atoms with E-state index in [0.29, 0.717) is 25.0 Å². The number of sulfonamides is 1. The summed E-state index contributed by atoms with van der Waals surface area (Å²) in [4.78, 5) is 27.1. The summed E-state index contributed by atoms with van der Waals surface area (Å²) in [5.74, 6) is -1.22. The number of hydrogen-bond donors (Lipinski definition) is 1. The Hall–Kier alpha value is -2.16. The van der Waals surface area contributed by atoms with Gasteiger partial charge in [-0.05, 0) is 31.9 Å². The molecule has 1 N–H and O–H groups in total. The summed E-state index contributed by atoms with van der Waals surface area (Å²) in [7, 11) is -3.44. The number of nitrogens with zero attached hydrogens (tertiary/aromatic N) is 3. The minimum absolute atomic E-state index is 0.112. The topological polar surface area (TPSA) is 107 Å². The van der Waals surface area contributed by atoms with Crippen LogP contribution in [0, 0.1) is 0 Å². The predicted octanol–water partition coefficient (Wildman–Crippen LogP) is -0.0503. The van der Waals surface area contributed by atoms with Crippen LogP contribution in [0.4, 0.5) is 0 Å². The molecule has 8 nitrogen and oxygen atoms in total. The van der Waals surface area contributed by atoms with Crippen LogP contribution in [0.5, 0.6) is 0 Å².